The molecular formula is C12H6ClF3N4. The van der Waals surface area contributed by atoms with Crippen LogP contribution in [0.3, 0.4) is 0 Å². The van der Waals surface area contributed by atoms with Crippen LogP contribution in [0.4, 0.5) is 13.2 Å². The van der Waals surface area contributed by atoms with Gasteiger partial charge in [0.2, 0.25) is 0 Å². The first-order valence-electron chi connectivity index (χ1n) is 5.00. The Hall–Kier alpha value is -2.51. The van der Waals surface area contributed by atoms with Gasteiger partial charge in [-0.2, -0.15) is 23.7 Å². The second-order valence-corrected chi connectivity index (χ2v) is 3.89. The molecule has 2 N–H and O–H groups in total. The van der Waals surface area contributed by atoms with E-state index in [1.54, 1.807) is 6.07 Å². The highest BCUT2D eigenvalue weighted by Gasteiger charge is 2.30. The molecule has 1 aromatic rings. The fourth-order valence-corrected chi connectivity index (χ4v) is 1.38. The summed E-state index contributed by atoms with van der Waals surface area (Å²) in [7, 11) is 0. The number of nitriles is 2. The third kappa shape index (κ3) is 3.74. The minimum Gasteiger partial charge on any atom is -0.388 e. The number of nitrogens with two attached hydrogens (primary N) is 1. The topological polar surface area (TPSA) is 86.0 Å². The Morgan fingerprint density at radius 2 is 1.95 bits per heavy atom. The van der Waals surface area contributed by atoms with Crippen LogP contribution >= 0.6 is 11.6 Å². The lowest BCUT2D eigenvalue weighted by Crippen LogP contribution is -2.05. The quantitative estimate of drug-likeness (QED) is 0.672. The Morgan fingerprint density at radius 1 is 1.30 bits per heavy atom. The SMILES string of the molecule is N#C/C(N)=C(/C#N)N=Cc1ccc(C(F)(F)F)cc1Cl. The fraction of sp³-hybridized carbons (Fsp3) is 0.0833. The molecule has 0 amide bonds. The van der Waals surface area contributed by atoms with Crippen LogP contribution in [0.25, 0.3) is 0 Å². The zero-order valence-corrected chi connectivity index (χ0v) is 10.5. The summed E-state index contributed by atoms with van der Waals surface area (Å²) in [5, 5.41) is 17.0. The van der Waals surface area contributed by atoms with Crippen molar-refractivity contribution in [1.29, 1.82) is 10.5 Å². The summed E-state index contributed by atoms with van der Waals surface area (Å²) in [5.41, 5.74) is 3.74. The first kappa shape index (κ1) is 15.5. The third-order valence-corrected chi connectivity index (χ3v) is 2.47. The summed E-state index contributed by atoms with van der Waals surface area (Å²) in [6.07, 6.45) is -3.44. The minimum absolute atomic E-state index is 0.165. The average Bonchev–Trinajstić information content (AvgIpc) is 2.39. The highest BCUT2D eigenvalue weighted by Crippen LogP contribution is 2.31. The molecule has 102 valence electrons. The van der Waals surface area contributed by atoms with Crippen molar-refractivity contribution in [3.05, 3.63) is 45.7 Å². The number of alkyl halides is 3. The van der Waals surface area contributed by atoms with Gasteiger partial charge >= 0.3 is 6.18 Å². The third-order valence-electron chi connectivity index (χ3n) is 2.14. The normalized spacial score (nSPS) is 12.7. The molecule has 0 aliphatic heterocycles. The van der Waals surface area contributed by atoms with Crippen molar-refractivity contribution >= 4 is 17.8 Å². The van der Waals surface area contributed by atoms with Gasteiger partial charge in [-0.05, 0) is 12.1 Å². The molecule has 4 nitrogen and oxygen atoms in total. The number of halogens is 4. The molecule has 0 saturated heterocycles. The first-order valence-corrected chi connectivity index (χ1v) is 5.38. The van der Waals surface area contributed by atoms with Crippen molar-refractivity contribution < 1.29 is 13.2 Å². The van der Waals surface area contributed by atoms with E-state index in [2.05, 4.69) is 4.99 Å². The second-order valence-electron chi connectivity index (χ2n) is 3.48. The van der Waals surface area contributed by atoms with Crippen LogP contribution < -0.4 is 5.73 Å². The smallest absolute Gasteiger partial charge is 0.388 e. The van der Waals surface area contributed by atoms with Gasteiger partial charge in [0.05, 0.1) is 5.56 Å². The van der Waals surface area contributed by atoms with Gasteiger partial charge in [0.15, 0.2) is 5.70 Å². The van der Waals surface area contributed by atoms with E-state index in [4.69, 9.17) is 27.9 Å². The Balaban J connectivity index is 3.14. The Kier molecular flexibility index (Phi) is 4.73. The molecule has 20 heavy (non-hydrogen) atoms. The van der Waals surface area contributed by atoms with Crippen LogP contribution in [0.1, 0.15) is 11.1 Å². The summed E-state index contributed by atoms with van der Waals surface area (Å²) >= 11 is 5.69. The summed E-state index contributed by atoms with van der Waals surface area (Å²) < 4.78 is 37.3. The molecule has 0 atom stereocenters. The van der Waals surface area contributed by atoms with Crippen molar-refractivity contribution in [1.82, 2.24) is 0 Å². The van der Waals surface area contributed by atoms with Gasteiger partial charge in [-0.3, -0.25) is 0 Å². The zero-order chi connectivity index (χ0) is 15.3. The van der Waals surface area contributed by atoms with Crippen LogP contribution in [-0.2, 0) is 6.18 Å². The maximum Gasteiger partial charge on any atom is 0.416 e. The van der Waals surface area contributed by atoms with Gasteiger partial charge in [0, 0.05) is 16.8 Å². The van der Waals surface area contributed by atoms with Crippen LogP contribution in [0, 0.1) is 22.7 Å². The Bertz CT molecular complexity index is 663. The lowest BCUT2D eigenvalue weighted by molar-refractivity contribution is -0.137. The van der Waals surface area contributed by atoms with E-state index < -0.39 is 17.4 Å². The molecule has 0 aliphatic rings. The van der Waals surface area contributed by atoms with Crippen molar-refractivity contribution in [2.45, 2.75) is 6.18 Å². The number of allylic oxidation sites excluding steroid dienone is 2. The zero-order valence-electron chi connectivity index (χ0n) is 9.74. The Labute approximate surface area is 117 Å². The van der Waals surface area contributed by atoms with Crippen molar-refractivity contribution in [3.8, 4) is 12.1 Å². The maximum absolute atomic E-state index is 12.4. The van der Waals surface area contributed by atoms with Crippen molar-refractivity contribution in [2.75, 3.05) is 0 Å². The van der Waals surface area contributed by atoms with E-state index in [-0.39, 0.29) is 16.3 Å². The minimum atomic E-state index is -4.50. The molecule has 0 fully saturated rings. The molecule has 0 heterocycles. The lowest BCUT2D eigenvalue weighted by atomic mass is 10.1. The van der Waals surface area contributed by atoms with Gasteiger partial charge in [-0.1, -0.05) is 17.7 Å². The van der Waals surface area contributed by atoms with Gasteiger partial charge in [-0.25, -0.2) is 4.99 Å². The number of nitrogens with zero attached hydrogens (tertiary/aromatic N) is 3. The lowest BCUT2D eigenvalue weighted by Gasteiger charge is -2.07. The summed E-state index contributed by atoms with van der Waals surface area (Å²) in [4.78, 5) is 3.62. The van der Waals surface area contributed by atoms with Crippen molar-refractivity contribution in [2.24, 2.45) is 10.7 Å². The van der Waals surface area contributed by atoms with Crippen LogP contribution in [0.15, 0.2) is 34.6 Å². The van der Waals surface area contributed by atoms with Gasteiger partial charge in [0.25, 0.3) is 0 Å². The average molecular weight is 299 g/mol. The van der Waals surface area contributed by atoms with E-state index in [0.717, 1.165) is 24.4 Å². The summed E-state index contributed by atoms with van der Waals surface area (Å²) in [5.74, 6) is 0. The molecule has 0 spiro atoms. The molecule has 0 saturated carbocycles. The predicted molar refractivity (Wildman–Crippen MR) is 66.5 cm³/mol. The highest BCUT2D eigenvalue weighted by atomic mass is 35.5. The maximum atomic E-state index is 12.4. The molecule has 0 aromatic heterocycles. The molecule has 1 rings (SSSR count). The molecular weight excluding hydrogens is 293 g/mol. The first-order chi connectivity index (χ1) is 9.29. The molecule has 8 heteroatoms. The molecule has 0 aliphatic carbocycles. The Morgan fingerprint density at radius 3 is 2.40 bits per heavy atom. The summed E-state index contributed by atoms with van der Waals surface area (Å²) in [6.45, 7) is 0. The van der Waals surface area contributed by atoms with Crippen molar-refractivity contribution in [3.63, 3.8) is 0 Å². The van der Waals surface area contributed by atoms with Crippen LogP contribution in [-0.4, -0.2) is 6.21 Å². The van der Waals surface area contributed by atoms with Gasteiger partial charge in [-0.15, -0.1) is 0 Å². The second kappa shape index (κ2) is 6.09. The van der Waals surface area contributed by atoms with E-state index in [9.17, 15) is 13.2 Å². The largest absolute Gasteiger partial charge is 0.416 e. The van der Waals surface area contributed by atoms with E-state index >= 15 is 0 Å². The molecule has 0 unspecified atom stereocenters. The molecule has 1 aromatic carbocycles. The number of rotatable bonds is 2. The van der Waals surface area contributed by atoms with Gasteiger partial charge < -0.3 is 5.73 Å². The standard InChI is InChI=1S/C12H6ClF3N4/c13-9-3-8(12(14,15)16)2-1-7(9)6-20-11(5-18)10(19)4-17/h1-3,6H,19H2/b11-10+,20-6?. The van der Waals surface area contributed by atoms with E-state index in [1.165, 1.54) is 6.07 Å². The number of aliphatic imine (C=N–C) groups is 1. The monoisotopic (exact) mass is 298 g/mol. The van der Waals surface area contributed by atoms with E-state index in [1.807, 2.05) is 0 Å². The number of hydrogen-bond donors (Lipinski definition) is 1. The number of hydrogen-bond acceptors (Lipinski definition) is 4. The highest BCUT2D eigenvalue weighted by molar-refractivity contribution is 6.33. The van der Waals surface area contributed by atoms with Gasteiger partial charge in [0.1, 0.15) is 17.8 Å². The fourth-order valence-electron chi connectivity index (χ4n) is 1.15. The summed E-state index contributed by atoms with van der Waals surface area (Å²) in [6, 6.07) is 5.80. The number of benzene rings is 1. The van der Waals surface area contributed by atoms with Crippen LogP contribution in [0.5, 0.6) is 0 Å². The van der Waals surface area contributed by atoms with E-state index in [0.29, 0.717) is 0 Å². The molecule has 0 radical (unpaired) electrons. The molecule has 0 bridgehead atoms. The van der Waals surface area contributed by atoms with Crippen LogP contribution in [0.2, 0.25) is 5.02 Å². The predicted octanol–water partition coefficient (Wildman–Crippen LogP) is 3.00.